The van der Waals surface area contributed by atoms with Crippen molar-refractivity contribution in [3.8, 4) is 5.75 Å². The Morgan fingerprint density at radius 1 is 1.19 bits per heavy atom. The molecular weight excluding hydrogens is 206 g/mol. The molecule has 0 heterocycles. The molecule has 0 aliphatic carbocycles. The molecule has 0 bridgehead atoms. The normalized spacial score (nSPS) is 10.4. The number of benzene rings is 1. The quantitative estimate of drug-likeness (QED) is 0.646. The van der Waals surface area contributed by atoms with Gasteiger partial charge in [-0.15, -0.1) is 0 Å². The summed E-state index contributed by atoms with van der Waals surface area (Å²) >= 11 is 0. The van der Waals surface area contributed by atoms with Crippen LogP contribution in [0.25, 0.3) is 0 Å². The van der Waals surface area contributed by atoms with Crippen LogP contribution in [0, 0.1) is 0 Å². The summed E-state index contributed by atoms with van der Waals surface area (Å²) in [6.07, 6.45) is 0.669. The maximum atomic E-state index is 8.54. The fourth-order valence-corrected chi connectivity index (χ4v) is 1.25. The standard InChI is InChI=1S/C12H19NO3/c13-10-11-3-1-4-12(9-11)16-8-7-15-6-2-5-14/h1,3-4,9,14H,2,5-8,10,13H2. The van der Waals surface area contributed by atoms with Crippen molar-refractivity contribution in [2.24, 2.45) is 5.73 Å². The molecule has 90 valence electrons. The van der Waals surface area contributed by atoms with Crippen LogP contribution in [0.1, 0.15) is 12.0 Å². The van der Waals surface area contributed by atoms with E-state index in [2.05, 4.69) is 0 Å². The first-order valence-electron chi connectivity index (χ1n) is 5.47. The molecule has 0 fully saturated rings. The summed E-state index contributed by atoms with van der Waals surface area (Å²) in [5.74, 6) is 0.814. The lowest BCUT2D eigenvalue weighted by atomic mass is 10.2. The zero-order valence-electron chi connectivity index (χ0n) is 9.39. The van der Waals surface area contributed by atoms with E-state index in [9.17, 15) is 0 Å². The molecule has 0 saturated heterocycles. The molecule has 0 amide bonds. The first kappa shape index (κ1) is 13.0. The molecule has 16 heavy (non-hydrogen) atoms. The van der Waals surface area contributed by atoms with Crippen LogP contribution in [0.5, 0.6) is 5.75 Å². The van der Waals surface area contributed by atoms with Gasteiger partial charge in [0.25, 0.3) is 0 Å². The third-order valence-electron chi connectivity index (χ3n) is 2.08. The van der Waals surface area contributed by atoms with Gasteiger partial charge in [-0.25, -0.2) is 0 Å². The molecule has 0 atom stereocenters. The first-order chi connectivity index (χ1) is 7.86. The van der Waals surface area contributed by atoms with Crippen LogP contribution in [-0.4, -0.2) is 31.5 Å². The van der Waals surface area contributed by atoms with E-state index in [4.69, 9.17) is 20.3 Å². The van der Waals surface area contributed by atoms with Gasteiger partial charge in [-0.3, -0.25) is 0 Å². The van der Waals surface area contributed by atoms with Crippen molar-refractivity contribution >= 4 is 0 Å². The lowest BCUT2D eigenvalue weighted by Gasteiger charge is -2.07. The van der Waals surface area contributed by atoms with Gasteiger partial charge in [-0.2, -0.15) is 0 Å². The minimum absolute atomic E-state index is 0.166. The number of hydrogen-bond acceptors (Lipinski definition) is 4. The number of aliphatic hydroxyl groups excluding tert-OH is 1. The van der Waals surface area contributed by atoms with E-state index in [1.54, 1.807) is 0 Å². The predicted octanol–water partition coefficient (Wildman–Crippen LogP) is 0.923. The molecule has 3 N–H and O–H groups in total. The Hall–Kier alpha value is -1.10. The zero-order chi connectivity index (χ0) is 11.6. The van der Waals surface area contributed by atoms with Gasteiger partial charge in [-0.1, -0.05) is 12.1 Å². The van der Waals surface area contributed by atoms with Gasteiger partial charge in [0.05, 0.1) is 6.61 Å². The second-order valence-electron chi connectivity index (χ2n) is 3.39. The second-order valence-corrected chi connectivity index (χ2v) is 3.39. The van der Waals surface area contributed by atoms with Gasteiger partial charge < -0.3 is 20.3 Å². The third kappa shape index (κ3) is 5.11. The number of aliphatic hydroxyl groups is 1. The molecule has 0 radical (unpaired) electrons. The SMILES string of the molecule is NCc1cccc(OCCOCCCO)c1. The first-order valence-corrected chi connectivity index (χ1v) is 5.47. The van der Waals surface area contributed by atoms with Gasteiger partial charge in [-0.05, 0) is 24.1 Å². The summed E-state index contributed by atoms with van der Waals surface area (Å²) in [6.45, 7) is 2.30. The van der Waals surface area contributed by atoms with Gasteiger partial charge in [0.2, 0.25) is 0 Å². The molecule has 4 heteroatoms. The fraction of sp³-hybridized carbons (Fsp3) is 0.500. The van der Waals surface area contributed by atoms with Crippen molar-refractivity contribution in [1.82, 2.24) is 0 Å². The molecule has 0 saturated carbocycles. The van der Waals surface area contributed by atoms with E-state index in [0.717, 1.165) is 11.3 Å². The van der Waals surface area contributed by atoms with Crippen LogP contribution in [0.4, 0.5) is 0 Å². The average molecular weight is 225 g/mol. The molecule has 1 rings (SSSR count). The summed E-state index contributed by atoms with van der Waals surface area (Å²) in [7, 11) is 0. The molecule has 1 aromatic carbocycles. The van der Waals surface area contributed by atoms with E-state index in [-0.39, 0.29) is 6.61 Å². The third-order valence-corrected chi connectivity index (χ3v) is 2.08. The molecule has 0 aliphatic heterocycles. The summed E-state index contributed by atoms with van der Waals surface area (Å²) in [5, 5.41) is 8.54. The summed E-state index contributed by atoms with van der Waals surface area (Å²) < 4.78 is 10.7. The van der Waals surface area contributed by atoms with E-state index >= 15 is 0 Å². The Morgan fingerprint density at radius 2 is 2.06 bits per heavy atom. The van der Waals surface area contributed by atoms with E-state index in [1.807, 2.05) is 24.3 Å². The van der Waals surface area contributed by atoms with E-state index in [0.29, 0.717) is 32.8 Å². The van der Waals surface area contributed by atoms with Crippen LogP contribution in [-0.2, 0) is 11.3 Å². The van der Waals surface area contributed by atoms with Crippen LogP contribution >= 0.6 is 0 Å². The van der Waals surface area contributed by atoms with Crippen LogP contribution in [0.2, 0.25) is 0 Å². The number of hydrogen-bond donors (Lipinski definition) is 2. The van der Waals surface area contributed by atoms with Crippen LogP contribution in [0.15, 0.2) is 24.3 Å². The highest BCUT2D eigenvalue weighted by atomic mass is 16.5. The summed E-state index contributed by atoms with van der Waals surface area (Å²) in [4.78, 5) is 0. The monoisotopic (exact) mass is 225 g/mol. The van der Waals surface area contributed by atoms with Crippen molar-refractivity contribution in [2.45, 2.75) is 13.0 Å². The van der Waals surface area contributed by atoms with E-state index in [1.165, 1.54) is 0 Å². The lowest BCUT2D eigenvalue weighted by molar-refractivity contribution is 0.0883. The number of nitrogens with two attached hydrogens (primary N) is 1. The molecule has 0 aromatic heterocycles. The van der Waals surface area contributed by atoms with E-state index < -0.39 is 0 Å². The Labute approximate surface area is 96.0 Å². The predicted molar refractivity (Wildman–Crippen MR) is 62.4 cm³/mol. The fourth-order valence-electron chi connectivity index (χ4n) is 1.25. The molecule has 4 nitrogen and oxygen atoms in total. The van der Waals surface area contributed by atoms with Crippen molar-refractivity contribution in [3.05, 3.63) is 29.8 Å². The topological polar surface area (TPSA) is 64.7 Å². The van der Waals surface area contributed by atoms with Gasteiger partial charge in [0.15, 0.2) is 0 Å². The lowest BCUT2D eigenvalue weighted by Crippen LogP contribution is -2.08. The van der Waals surface area contributed by atoms with Gasteiger partial charge in [0.1, 0.15) is 12.4 Å². The number of ether oxygens (including phenoxy) is 2. The Bertz CT molecular complexity index is 291. The van der Waals surface area contributed by atoms with Gasteiger partial charge in [0, 0.05) is 19.8 Å². The minimum atomic E-state index is 0.166. The smallest absolute Gasteiger partial charge is 0.119 e. The van der Waals surface area contributed by atoms with Crippen molar-refractivity contribution < 1.29 is 14.6 Å². The minimum Gasteiger partial charge on any atom is -0.491 e. The van der Waals surface area contributed by atoms with Crippen LogP contribution < -0.4 is 10.5 Å². The van der Waals surface area contributed by atoms with Crippen molar-refractivity contribution in [2.75, 3.05) is 26.4 Å². The Morgan fingerprint density at radius 3 is 2.81 bits per heavy atom. The molecule has 0 spiro atoms. The maximum absolute atomic E-state index is 8.54. The van der Waals surface area contributed by atoms with Crippen LogP contribution in [0.3, 0.4) is 0 Å². The zero-order valence-corrected chi connectivity index (χ0v) is 9.39. The highest BCUT2D eigenvalue weighted by Gasteiger charge is 1.95. The number of rotatable bonds is 8. The summed E-state index contributed by atoms with van der Waals surface area (Å²) in [6, 6.07) is 7.70. The molecule has 0 aliphatic rings. The largest absolute Gasteiger partial charge is 0.491 e. The molecular formula is C12H19NO3. The average Bonchev–Trinajstić information content (AvgIpc) is 2.34. The second kappa shape index (κ2) is 8.10. The van der Waals surface area contributed by atoms with Crippen molar-refractivity contribution in [1.29, 1.82) is 0 Å². The summed E-state index contributed by atoms with van der Waals surface area (Å²) in [5.41, 5.74) is 6.58. The molecule has 0 unspecified atom stereocenters. The Balaban J connectivity index is 2.16. The maximum Gasteiger partial charge on any atom is 0.119 e. The highest BCUT2D eigenvalue weighted by Crippen LogP contribution is 2.12. The van der Waals surface area contributed by atoms with Crippen molar-refractivity contribution in [3.63, 3.8) is 0 Å². The molecule has 1 aromatic rings. The highest BCUT2D eigenvalue weighted by molar-refractivity contribution is 5.28. The van der Waals surface area contributed by atoms with Gasteiger partial charge >= 0.3 is 0 Å². The Kier molecular flexibility index (Phi) is 6.56.